The summed E-state index contributed by atoms with van der Waals surface area (Å²) < 4.78 is 0. The lowest BCUT2D eigenvalue weighted by atomic mass is 9.72. The molecule has 0 rings (SSSR count). The summed E-state index contributed by atoms with van der Waals surface area (Å²) in [4.78, 5) is 0. The fourth-order valence-electron chi connectivity index (χ4n) is 5.34. The van der Waals surface area contributed by atoms with Gasteiger partial charge in [-0.05, 0) is 31.6 Å². The predicted molar refractivity (Wildman–Crippen MR) is 151 cm³/mol. The van der Waals surface area contributed by atoms with Gasteiger partial charge in [-0.15, -0.1) is 12.4 Å². The predicted octanol–water partition coefficient (Wildman–Crippen LogP) is 11.2. The standard InChI is InChI=1S/C30H63N.ClH/c1-5-9-13-16-19-22-26-29(25-12-8-4)30(31,27-23-20-17-14-10-6-2)28-24-21-18-15-11-7-3;/h29H,5-28,31H2,1-4H3;1H. The Labute approximate surface area is 211 Å². The van der Waals surface area contributed by atoms with Crippen molar-refractivity contribution in [2.24, 2.45) is 11.7 Å². The summed E-state index contributed by atoms with van der Waals surface area (Å²) in [5.74, 6) is 0.755. The Morgan fingerprint density at radius 1 is 0.438 bits per heavy atom. The van der Waals surface area contributed by atoms with Gasteiger partial charge in [-0.25, -0.2) is 0 Å². The molecule has 0 aliphatic heterocycles. The third-order valence-electron chi connectivity index (χ3n) is 7.62. The van der Waals surface area contributed by atoms with Crippen molar-refractivity contribution in [2.75, 3.05) is 0 Å². The van der Waals surface area contributed by atoms with Crippen molar-refractivity contribution < 1.29 is 0 Å². The van der Waals surface area contributed by atoms with Gasteiger partial charge in [-0.1, -0.05) is 156 Å². The Bertz CT molecular complexity index is 328. The molecule has 196 valence electrons. The fourth-order valence-corrected chi connectivity index (χ4v) is 5.34. The summed E-state index contributed by atoms with van der Waals surface area (Å²) in [6.45, 7) is 9.29. The number of halogens is 1. The van der Waals surface area contributed by atoms with Crippen LogP contribution in [-0.2, 0) is 0 Å². The minimum Gasteiger partial charge on any atom is -0.325 e. The van der Waals surface area contributed by atoms with Crippen molar-refractivity contribution in [3.8, 4) is 0 Å². The summed E-state index contributed by atoms with van der Waals surface area (Å²) in [6.07, 6.45) is 33.1. The normalized spacial score (nSPS) is 12.7. The molecule has 1 nitrogen and oxygen atoms in total. The first kappa shape index (κ1) is 34.4. The Morgan fingerprint density at radius 3 is 1.16 bits per heavy atom. The van der Waals surface area contributed by atoms with Gasteiger partial charge in [-0.3, -0.25) is 0 Å². The lowest BCUT2D eigenvalue weighted by molar-refractivity contribution is 0.190. The second-order valence-corrected chi connectivity index (χ2v) is 10.7. The lowest BCUT2D eigenvalue weighted by Crippen LogP contribution is -2.47. The molecule has 0 aromatic heterocycles. The van der Waals surface area contributed by atoms with Crippen LogP contribution in [0.25, 0.3) is 0 Å². The third kappa shape index (κ3) is 19.7. The molecule has 0 saturated carbocycles. The SMILES string of the molecule is CCCCCCCCC(CCCC)C(N)(CCCCCCCC)CCCCCCCC.Cl. The van der Waals surface area contributed by atoms with E-state index in [2.05, 4.69) is 27.7 Å². The maximum atomic E-state index is 7.33. The molecule has 0 aromatic rings. The average Bonchev–Trinajstić information content (AvgIpc) is 2.77. The zero-order chi connectivity index (χ0) is 23.0. The van der Waals surface area contributed by atoms with Crippen LogP contribution in [0.4, 0.5) is 0 Å². The number of hydrogen-bond donors (Lipinski definition) is 1. The van der Waals surface area contributed by atoms with Gasteiger partial charge in [0.05, 0.1) is 0 Å². The maximum absolute atomic E-state index is 7.33. The van der Waals surface area contributed by atoms with Crippen molar-refractivity contribution >= 4 is 12.4 Å². The summed E-state index contributed by atoms with van der Waals surface area (Å²) in [5, 5.41) is 0. The van der Waals surface area contributed by atoms with Gasteiger partial charge in [0.15, 0.2) is 0 Å². The molecule has 0 amide bonds. The van der Waals surface area contributed by atoms with Crippen LogP contribution in [0.15, 0.2) is 0 Å². The van der Waals surface area contributed by atoms with Crippen molar-refractivity contribution in [2.45, 2.75) is 187 Å². The number of nitrogens with two attached hydrogens (primary N) is 1. The largest absolute Gasteiger partial charge is 0.325 e. The summed E-state index contributed by atoms with van der Waals surface area (Å²) in [5.41, 5.74) is 7.43. The van der Waals surface area contributed by atoms with Crippen molar-refractivity contribution in [1.82, 2.24) is 0 Å². The van der Waals surface area contributed by atoms with E-state index in [-0.39, 0.29) is 17.9 Å². The van der Waals surface area contributed by atoms with E-state index in [9.17, 15) is 0 Å². The van der Waals surface area contributed by atoms with Crippen LogP contribution in [0.5, 0.6) is 0 Å². The molecule has 0 spiro atoms. The molecular weight excluding hydrogens is 410 g/mol. The highest BCUT2D eigenvalue weighted by Crippen LogP contribution is 2.35. The van der Waals surface area contributed by atoms with Crippen LogP contribution in [0.3, 0.4) is 0 Å². The Balaban J connectivity index is 0. The molecule has 0 radical (unpaired) electrons. The Morgan fingerprint density at radius 2 is 0.750 bits per heavy atom. The summed E-state index contributed by atoms with van der Waals surface area (Å²) in [7, 11) is 0. The first-order valence-corrected chi connectivity index (χ1v) is 14.9. The molecule has 2 heteroatoms. The van der Waals surface area contributed by atoms with Gasteiger partial charge in [0.1, 0.15) is 0 Å². The van der Waals surface area contributed by atoms with Crippen molar-refractivity contribution in [3.05, 3.63) is 0 Å². The number of hydrogen-bond acceptors (Lipinski definition) is 1. The molecule has 0 aliphatic rings. The first-order valence-electron chi connectivity index (χ1n) is 14.9. The van der Waals surface area contributed by atoms with Crippen LogP contribution in [0, 0.1) is 5.92 Å². The molecular formula is C30H64ClN. The second kappa shape index (κ2) is 25.9. The van der Waals surface area contributed by atoms with Gasteiger partial charge in [0.2, 0.25) is 0 Å². The lowest BCUT2D eigenvalue weighted by Gasteiger charge is -2.39. The van der Waals surface area contributed by atoms with Crippen molar-refractivity contribution in [1.29, 1.82) is 0 Å². The van der Waals surface area contributed by atoms with Gasteiger partial charge < -0.3 is 5.73 Å². The molecule has 0 aliphatic carbocycles. The smallest absolute Gasteiger partial charge is 0.0182 e. The van der Waals surface area contributed by atoms with Gasteiger partial charge in [0, 0.05) is 5.54 Å². The highest BCUT2D eigenvalue weighted by Gasteiger charge is 2.33. The summed E-state index contributed by atoms with van der Waals surface area (Å²) >= 11 is 0. The first-order chi connectivity index (χ1) is 15.1. The van der Waals surface area contributed by atoms with Crippen LogP contribution >= 0.6 is 12.4 Å². The monoisotopic (exact) mass is 473 g/mol. The minimum absolute atomic E-state index is 0. The molecule has 32 heavy (non-hydrogen) atoms. The number of rotatable bonds is 25. The molecule has 0 bridgehead atoms. The zero-order valence-electron chi connectivity index (χ0n) is 23.0. The van der Waals surface area contributed by atoms with Gasteiger partial charge >= 0.3 is 0 Å². The number of unbranched alkanes of at least 4 members (excludes halogenated alkanes) is 16. The van der Waals surface area contributed by atoms with E-state index in [1.165, 1.54) is 154 Å². The van der Waals surface area contributed by atoms with Crippen molar-refractivity contribution in [3.63, 3.8) is 0 Å². The van der Waals surface area contributed by atoms with E-state index in [1.54, 1.807) is 0 Å². The Hall–Kier alpha value is 0.250. The van der Waals surface area contributed by atoms with E-state index in [0.29, 0.717) is 0 Å². The summed E-state index contributed by atoms with van der Waals surface area (Å²) in [6, 6.07) is 0. The van der Waals surface area contributed by atoms with E-state index in [1.807, 2.05) is 0 Å². The molecule has 1 unspecified atom stereocenters. The molecule has 0 aromatic carbocycles. The molecule has 2 N–H and O–H groups in total. The minimum atomic E-state index is 0. The van der Waals surface area contributed by atoms with E-state index in [4.69, 9.17) is 5.73 Å². The molecule has 1 atom stereocenters. The second-order valence-electron chi connectivity index (χ2n) is 10.7. The maximum Gasteiger partial charge on any atom is 0.0182 e. The zero-order valence-corrected chi connectivity index (χ0v) is 23.9. The van der Waals surface area contributed by atoms with Crippen LogP contribution in [0.1, 0.15) is 182 Å². The Kier molecular flexibility index (Phi) is 27.8. The van der Waals surface area contributed by atoms with Crippen LogP contribution in [0.2, 0.25) is 0 Å². The highest BCUT2D eigenvalue weighted by molar-refractivity contribution is 5.85. The average molecular weight is 474 g/mol. The van der Waals surface area contributed by atoms with Crippen LogP contribution in [-0.4, -0.2) is 5.54 Å². The van der Waals surface area contributed by atoms with E-state index >= 15 is 0 Å². The topological polar surface area (TPSA) is 26.0 Å². The molecule has 0 saturated heterocycles. The van der Waals surface area contributed by atoms with Crippen LogP contribution < -0.4 is 5.73 Å². The quantitative estimate of drug-likeness (QED) is 0.131. The fraction of sp³-hybridized carbons (Fsp3) is 1.00. The molecule has 0 fully saturated rings. The highest BCUT2D eigenvalue weighted by atomic mass is 35.5. The molecule has 0 heterocycles. The van der Waals surface area contributed by atoms with E-state index < -0.39 is 0 Å². The van der Waals surface area contributed by atoms with Gasteiger partial charge in [-0.2, -0.15) is 0 Å². The van der Waals surface area contributed by atoms with Gasteiger partial charge in [0.25, 0.3) is 0 Å². The third-order valence-corrected chi connectivity index (χ3v) is 7.62. The van der Waals surface area contributed by atoms with E-state index in [0.717, 1.165) is 5.92 Å².